The molecule has 0 aliphatic heterocycles. The Bertz CT molecular complexity index is 597. The summed E-state index contributed by atoms with van der Waals surface area (Å²) in [5.41, 5.74) is 7.81. The summed E-state index contributed by atoms with van der Waals surface area (Å²) in [7, 11) is 0. The zero-order valence-electron chi connectivity index (χ0n) is 9.99. The molecule has 0 aliphatic rings. The van der Waals surface area contributed by atoms with Gasteiger partial charge in [0.05, 0.1) is 0 Å². The lowest BCUT2D eigenvalue weighted by atomic mass is 10.1. The van der Waals surface area contributed by atoms with Crippen molar-refractivity contribution in [2.24, 2.45) is 5.73 Å². The molecule has 3 N–H and O–H groups in total. The molecule has 0 radical (unpaired) electrons. The van der Waals surface area contributed by atoms with E-state index in [4.69, 9.17) is 5.73 Å². The van der Waals surface area contributed by atoms with Crippen molar-refractivity contribution in [3.63, 3.8) is 0 Å². The fourth-order valence-electron chi connectivity index (χ4n) is 1.62. The predicted molar refractivity (Wildman–Crippen MR) is 84.1 cm³/mol. The number of halogens is 2. The van der Waals surface area contributed by atoms with Crippen molar-refractivity contribution in [3.05, 3.63) is 62.5 Å². The van der Waals surface area contributed by atoms with Crippen molar-refractivity contribution >= 4 is 43.5 Å². The van der Waals surface area contributed by atoms with E-state index in [0.29, 0.717) is 12.1 Å². The van der Waals surface area contributed by atoms with Crippen molar-refractivity contribution in [1.29, 1.82) is 0 Å². The maximum Gasteiger partial charge on any atom is 0.248 e. The highest BCUT2D eigenvalue weighted by Crippen LogP contribution is 2.26. The summed E-state index contributed by atoms with van der Waals surface area (Å²) in [5, 5.41) is 3.33. The highest BCUT2D eigenvalue weighted by molar-refractivity contribution is 9.11. The molecule has 0 aromatic heterocycles. The number of rotatable bonds is 4. The van der Waals surface area contributed by atoms with Crippen LogP contribution in [0.1, 0.15) is 15.9 Å². The van der Waals surface area contributed by atoms with E-state index in [1.807, 2.05) is 30.3 Å². The first-order chi connectivity index (χ1) is 9.06. The molecule has 0 aliphatic carbocycles. The Hall–Kier alpha value is -1.33. The van der Waals surface area contributed by atoms with Crippen molar-refractivity contribution in [3.8, 4) is 0 Å². The van der Waals surface area contributed by atoms with Crippen LogP contribution < -0.4 is 11.1 Å². The van der Waals surface area contributed by atoms with Crippen molar-refractivity contribution in [2.45, 2.75) is 6.54 Å². The van der Waals surface area contributed by atoms with E-state index >= 15 is 0 Å². The molecular formula is C14H12Br2N2O. The van der Waals surface area contributed by atoms with Gasteiger partial charge in [0.15, 0.2) is 0 Å². The summed E-state index contributed by atoms with van der Waals surface area (Å²) in [6.45, 7) is 0.675. The number of primary amides is 1. The summed E-state index contributed by atoms with van der Waals surface area (Å²) in [4.78, 5) is 11.0. The van der Waals surface area contributed by atoms with Crippen LogP contribution in [0.25, 0.3) is 0 Å². The Morgan fingerprint density at radius 2 is 1.79 bits per heavy atom. The van der Waals surface area contributed by atoms with Crippen molar-refractivity contribution in [1.82, 2.24) is 0 Å². The standard InChI is InChI=1S/C14H12Br2N2O/c15-11-5-6-12(16)13(7-11)18-8-9-1-3-10(4-2-9)14(17)19/h1-7,18H,8H2,(H2,17,19). The number of amides is 1. The van der Waals surface area contributed by atoms with Crippen LogP contribution in [-0.4, -0.2) is 5.91 Å². The summed E-state index contributed by atoms with van der Waals surface area (Å²) < 4.78 is 2.02. The Kier molecular flexibility index (Phi) is 4.61. The lowest BCUT2D eigenvalue weighted by molar-refractivity contribution is 0.100. The topological polar surface area (TPSA) is 55.1 Å². The van der Waals surface area contributed by atoms with Gasteiger partial charge in [-0.05, 0) is 51.8 Å². The lowest BCUT2D eigenvalue weighted by Gasteiger charge is -2.09. The van der Waals surface area contributed by atoms with E-state index < -0.39 is 5.91 Å². The minimum absolute atomic E-state index is 0.408. The Balaban J connectivity index is 2.06. The molecule has 0 spiro atoms. The van der Waals surface area contributed by atoms with Crippen LogP contribution in [0.15, 0.2) is 51.4 Å². The zero-order valence-corrected chi connectivity index (χ0v) is 13.2. The summed E-state index contributed by atoms with van der Waals surface area (Å²) in [6.07, 6.45) is 0. The highest BCUT2D eigenvalue weighted by Gasteiger charge is 2.02. The van der Waals surface area contributed by atoms with Gasteiger partial charge in [-0.2, -0.15) is 0 Å². The van der Waals surface area contributed by atoms with Gasteiger partial charge in [-0.3, -0.25) is 4.79 Å². The number of carbonyl (C=O) groups excluding carboxylic acids is 1. The molecule has 3 nitrogen and oxygen atoms in total. The van der Waals surface area contributed by atoms with Crippen LogP contribution in [0.5, 0.6) is 0 Å². The summed E-state index contributed by atoms with van der Waals surface area (Å²) in [5.74, 6) is -0.408. The first kappa shape index (κ1) is 14.1. The van der Waals surface area contributed by atoms with E-state index in [1.54, 1.807) is 12.1 Å². The van der Waals surface area contributed by atoms with Gasteiger partial charge < -0.3 is 11.1 Å². The van der Waals surface area contributed by atoms with Gasteiger partial charge in [0.25, 0.3) is 0 Å². The smallest absolute Gasteiger partial charge is 0.248 e. The van der Waals surface area contributed by atoms with E-state index in [1.165, 1.54) is 0 Å². The third-order valence-corrected chi connectivity index (χ3v) is 3.83. The van der Waals surface area contributed by atoms with E-state index in [0.717, 1.165) is 20.2 Å². The van der Waals surface area contributed by atoms with Gasteiger partial charge in [0.2, 0.25) is 5.91 Å². The Morgan fingerprint density at radius 3 is 2.42 bits per heavy atom. The molecule has 5 heteroatoms. The largest absolute Gasteiger partial charge is 0.380 e. The SMILES string of the molecule is NC(=O)c1ccc(CNc2cc(Br)ccc2Br)cc1. The minimum atomic E-state index is -0.408. The first-order valence-electron chi connectivity index (χ1n) is 5.64. The number of hydrogen-bond donors (Lipinski definition) is 2. The fraction of sp³-hybridized carbons (Fsp3) is 0.0714. The fourth-order valence-corrected chi connectivity index (χ4v) is 2.37. The zero-order chi connectivity index (χ0) is 13.8. The predicted octanol–water partition coefficient (Wildman–Crippen LogP) is 3.92. The summed E-state index contributed by atoms with van der Waals surface area (Å²) >= 11 is 6.93. The van der Waals surface area contributed by atoms with Crippen molar-refractivity contribution in [2.75, 3.05) is 5.32 Å². The third-order valence-electron chi connectivity index (χ3n) is 2.65. The number of hydrogen-bond acceptors (Lipinski definition) is 2. The van der Waals surface area contributed by atoms with Crippen molar-refractivity contribution < 1.29 is 4.79 Å². The molecule has 2 rings (SSSR count). The lowest BCUT2D eigenvalue weighted by Crippen LogP contribution is -2.10. The number of nitrogens with one attached hydrogen (secondary N) is 1. The van der Waals surface area contributed by atoms with Crippen LogP contribution in [0.4, 0.5) is 5.69 Å². The minimum Gasteiger partial charge on any atom is -0.380 e. The van der Waals surface area contributed by atoms with Gasteiger partial charge in [0, 0.05) is 26.7 Å². The molecule has 1 amide bonds. The van der Waals surface area contributed by atoms with E-state index in [2.05, 4.69) is 37.2 Å². The molecule has 2 aromatic rings. The molecular weight excluding hydrogens is 372 g/mol. The van der Waals surface area contributed by atoms with E-state index in [-0.39, 0.29) is 0 Å². The second-order valence-corrected chi connectivity index (χ2v) is 5.81. The Morgan fingerprint density at radius 1 is 1.11 bits per heavy atom. The second-order valence-electron chi connectivity index (χ2n) is 4.04. The number of carbonyl (C=O) groups is 1. The van der Waals surface area contributed by atoms with Gasteiger partial charge in [-0.1, -0.05) is 28.1 Å². The molecule has 98 valence electrons. The average molecular weight is 384 g/mol. The molecule has 2 aromatic carbocycles. The highest BCUT2D eigenvalue weighted by atomic mass is 79.9. The van der Waals surface area contributed by atoms with E-state index in [9.17, 15) is 4.79 Å². The number of anilines is 1. The van der Waals surface area contributed by atoms with Gasteiger partial charge in [-0.15, -0.1) is 0 Å². The summed E-state index contributed by atoms with van der Waals surface area (Å²) in [6, 6.07) is 13.2. The van der Waals surface area contributed by atoms with Crippen LogP contribution in [0.2, 0.25) is 0 Å². The maximum absolute atomic E-state index is 11.0. The normalized spacial score (nSPS) is 10.2. The van der Waals surface area contributed by atoms with Gasteiger partial charge in [-0.25, -0.2) is 0 Å². The Labute approximate surface area is 128 Å². The average Bonchev–Trinajstić information content (AvgIpc) is 2.40. The first-order valence-corrected chi connectivity index (χ1v) is 7.22. The quantitative estimate of drug-likeness (QED) is 0.840. The number of benzene rings is 2. The molecule has 0 saturated carbocycles. The van der Waals surface area contributed by atoms with Crippen LogP contribution >= 0.6 is 31.9 Å². The van der Waals surface area contributed by atoms with Crippen LogP contribution in [-0.2, 0) is 6.54 Å². The van der Waals surface area contributed by atoms with Gasteiger partial charge >= 0.3 is 0 Å². The second kappa shape index (κ2) is 6.21. The molecule has 0 bridgehead atoms. The van der Waals surface area contributed by atoms with Crippen LogP contribution in [0.3, 0.4) is 0 Å². The third kappa shape index (κ3) is 3.81. The van der Waals surface area contributed by atoms with Crippen LogP contribution in [0, 0.1) is 0 Å². The molecule has 0 atom stereocenters. The molecule has 19 heavy (non-hydrogen) atoms. The molecule has 0 unspecified atom stereocenters. The molecule has 0 fully saturated rings. The monoisotopic (exact) mass is 382 g/mol. The maximum atomic E-state index is 11.0. The van der Waals surface area contributed by atoms with Gasteiger partial charge in [0.1, 0.15) is 0 Å². The number of nitrogens with two attached hydrogens (primary N) is 1. The molecule has 0 saturated heterocycles. The molecule has 0 heterocycles.